The molecular weight excluding hydrogens is 342 g/mol. The Kier molecular flexibility index (Phi) is 4.50. The fraction of sp³-hybridized carbons (Fsp3) is 0.444. The summed E-state index contributed by atoms with van der Waals surface area (Å²) in [6, 6.07) is 8.24. The molecule has 4 rings (SSSR count). The van der Waals surface area contributed by atoms with Gasteiger partial charge in [0.2, 0.25) is 0 Å². The van der Waals surface area contributed by atoms with Gasteiger partial charge < -0.3 is 14.5 Å². The molecular formula is C18H20ClN3O3. The van der Waals surface area contributed by atoms with Crippen LogP contribution in [0.5, 0.6) is 0 Å². The summed E-state index contributed by atoms with van der Waals surface area (Å²) in [6.45, 7) is 4.05. The zero-order chi connectivity index (χ0) is 17.4. The van der Waals surface area contributed by atoms with Gasteiger partial charge in [0.05, 0.1) is 12.7 Å². The van der Waals surface area contributed by atoms with Crippen LogP contribution in [0.4, 0.5) is 0 Å². The molecule has 0 radical (unpaired) electrons. The van der Waals surface area contributed by atoms with E-state index in [1.54, 1.807) is 6.92 Å². The lowest BCUT2D eigenvalue weighted by molar-refractivity contribution is -0.0502. The Labute approximate surface area is 151 Å². The summed E-state index contributed by atoms with van der Waals surface area (Å²) >= 11 is 5.96. The zero-order valence-electron chi connectivity index (χ0n) is 13.9. The molecule has 0 spiro atoms. The van der Waals surface area contributed by atoms with E-state index in [1.165, 1.54) is 6.39 Å². The molecule has 0 aliphatic carbocycles. The number of ether oxygens (including phenoxy) is 1. The Morgan fingerprint density at radius 2 is 2.12 bits per heavy atom. The van der Waals surface area contributed by atoms with E-state index < -0.39 is 0 Å². The van der Waals surface area contributed by atoms with Gasteiger partial charge in [0.15, 0.2) is 12.1 Å². The van der Waals surface area contributed by atoms with Crippen molar-refractivity contribution in [2.75, 3.05) is 19.7 Å². The highest BCUT2D eigenvalue weighted by atomic mass is 35.5. The Hall–Kier alpha value is -1.89. The van der Waals surface area contributed by atoms with Gasteiger partial charge in [-0.05, 0) is 31.0 Å². The van der Waals surface area contributed by atoms with E-state index in [-0.39, 0.29) is 18.1 Å². The first-order valence-corrected chi connectivity index (χ1v) is 8.80. The van der Waals surface area contributed by atoms with Gasteiger partial charge in [0.25, 0.3) is 5.91 Å². The molecule has 2 saturated heterocycles. The summed E-state index contributed by atoms with van der Waals surface area (Å²) in [7, 11) is 0. The summed E-state index contributed by atoms with van der Waals surface area (Å²) in [5, 5.41) is 3.79. The van der Waals surface area contributed by atoms with Crippen LogP contribution in [-0.2, 0) is 4.74 Å². The van der Waals surface area contributed by atoms with E-state index in [0.717, 1.165) is 30.1 Å². The molecule has 6 nitrogen and oxygen atoms in total. The Morgan fingerprint density at radius 3 is 2.84 bits per heavy atom. The fourth-order valence-corrected chi connectivity index (χ4v) is 3.76. The number of rotatable bonds is 3. The van der Waals surface area contributed by atoms with Crippen LogP contribution in [0.25, 0.3) is 0 Å². The van der Waals surface area contributed by atoms with Crippen molar-refractivity contribution in [3.63, 3.8) is 0 Å². The van der Waals surface area contributed by atoms with E-state index in [9.17, 15) is 4.79 Å². The first-order chi connectivity index (χ1) is 12.1. The minimum absolute atomic E-state index is 0.0424. The van der Waals surface area contributed by atoms with Crippen molar-refractivity contribution in [2.45, 2.75) is 31.5 Å². The third-order valence-electron chi connectivity index (χ3n) is 4.95. The Balaban J connectivity index is 1.38. The van der Waals surface area contributed by atoms with E-state index in [4.69, 9.17) is 20.8 Å². The van der Waals surface area contributed by atoms with Gasteiger partial charge in [-0.25, -0.2) is 4.98 Å². The first kappa shape index (κ1) is 16.6. The molecule has 2 aliphatic heterocycles. The van der Waals surface area contributed by atoms with Gasteiger partial charge in [-0.3, -0.25) is 9.69 Å². The number of oxazole rings is 1. The van der Waals surface area contributed by atoms with E-state index in [2.05, 4.69) is 15.2 Å². The second kappa shape index (κ2) is 6.78. The summed E-state index contributed by atoms with van der Waals surface area (Å²) in [4.78, 5) is 18.7. The van der Waals surface area contributed by atoms with Crippen LogP contribution in [0.15, 0.2) is 35.1 Å². The molecule has 1 amide bonds. The molecule has 0 unspecified atom stereocenters. The highest BCUT2D eigenvalue weighted by Crippen LogP contribution is 2.30. The lowest BCUT2D eigenvalue weighted by atomic mass is 10.1. The molecule has 1 aromatic heterocycles. The molecule has 132 valence electrons. The van der Waals surface area contributed by atoms with E-state index in [1.807, 2.05) is 24.3 Å². The number of hydrogen-bond donors (Lipinski definition) is 1. The number of aromatic nitrogens is 1. The second-order valence-electron chi connectivity index (χ2n) is 6.64. The lowest BCUT2D eigenvalue weighted by Crippen LogP contribution is -2.43. The van der Waals surface area contributed by atoms with Crippen LogP contribution in [0.2, 0.25) is 5.02 Å². The molecule has 7 heteroatoms. The minimum Gasteiger partial charge on any atom is -0.448 e. The summed E-state index contributed by atoms with van der Waals surface area (Å²) in [6.07, 6.45) is 2.23. The molecule has 3 atom stereocenters. The van der Waals surface area contributed by atoms with Crippen LogP contribution < -0.4 is 5.32 Å². The van der Waals surface area contributed by atoms with Crippen molar-refractivity contribution >= 4 is 17.5 Å². The smallest absolute Gasteiger partial charge is 0.273 e. The second-order valence-corrected chi connectivity index (χ2v) is 7.08. The molecule has 2 fully saturated rings. The molecule has 2 aliphatic rings. The number of nitrogens with one attached hydrogen (secondary N) is 1. The monoisotopic (exact) mass is 361 g/mol. The maximum absolute atomic E-state index is 12.3. The van der Waals surface area contributed by atoms with Crippen molar-refractivity contribution in [1.82, 2.24) is 15.2 Å². The fourth-order valence-electron chi connectivity index (χ4n) is 3.63. The maximum atomic E-state index is 12.3. The van der Waals surface area contributed by atoms with Crippen molar-refractivity contribution in [3.05, 3.63) is 52.7 Å². The average Bonchev–Trinajstić information content (AvgIpc) is 3.20. The lowest BCUT2D eigenvalue weighted by Gasteiger charge is -2.35. The SMILES string of the molecule is Cc1ocnc1C(=O)N[C@@H]1C[C@H]2CO[C@@H](c3ccc(Cl)cc3)CN2C1. The predicted octanol–water partition coefficient (Wildman–Crippen LogP) is 2.58. The van der Waals surface area contributed by atoms with Gasteiger partial charge in [-0.15, -0.1) is 0 Å². The largest absolute Gasteiger partial charge is 0.448 e. The van der Waals surface area contributed by atoms with Crippen molar-refractivity contribution in [1.29, 1.82) is 0 Å². The topological polar surface area (TPSA) is 67.6 Å². The highest BCUT2D eigenvalue weighted by molar-refractivity contribution is 6.30. The highest BCUT2D eigenvalue weighted by Gasteiger charge is 2.38. The molecule has 25 heavy (non-hydrogen) atoms. The molecule has 0 bridgehead atoms. The molecule has 1 aromatic carbocycles. The predicted molar refractivity (Wildman–Crippen MR) is 92.6 cm³/mol. The van der Waals surface area contributed by atoms with Crippen LogP contribution in [0, 0.1) is 6.92 Å². The number of aryl methyl sites for hydroxylation is 1. The molecule has 0 saturated carbocycles. The van der Waals surface area contributed by atoms with Crippen LogP contribution >= 0.6 is 11.6 Å². The Bertz CT molecular complexity index is 761. The quantitative estimate of drug-likeness (QED) is 0.910. The third-order valence-corrected chi connectivity index (χ3v) is 5.21. The molecule has 3 heterocycles. The number of hydrogen-bond acceptors (Lipinski definition) is 5. The van der Waals surface area contributed by atoms with E-state index in [0.29, 0.717) is 24.1 Å². The summed E-state index contributed by atoms with van der Waals surface area (Å²) in [5.74, 6) is 0.366. The Morgan fingerprint density at radius 1 is 1.32 bits per heavy atom. The number of benzene rings is 1. The number of nitrogens with zero attached hydrogens (tertiary/aromatic N) is 2. The van der Waals surface area contributed by atoms with Gasteiger partial charge in [-0.2, -0.15) is 0 Å². The summed E-state index contributed by atoms with van der Waals surface area (Å²) in [5.41, 5.74) is 1.49. The zero-order valence-corrected chi connectivity index (χ0v) is 14.7. The number of morpholine rings is 1. The number of fused-ring (bicyclic) bond motifs is 1. The van der Waals surface area contributed by atoms with Crippen molar-refractivity contribution in [2.24, 2.45) is 0 Å². The van der Waals surface area contributed by atoms with Gasteiger partial charge in [0.1, 0.15) is 5.76 Å². The van der Waals surface area contributed by atoms with Gasteiger partial charge in [0, 0.05) is 30.2 Å². The van der Waals surface area contributed by atoms with Gasteiger partial charge >= 0.3 is 0 Å². The number of halogens is 1. The number of carbonyl (C=O) groups excluding carboxylic acids is 1. The van der Waals surface area contributed by atoms with Crippen LogP contribution in [0.3, 0.4) is 0 Å². The van der Waals surface area contributed by atoms with Crippen LogP contribution in [0.1, 0.15) is 34.3 Å². The third kappa shape index (κ3) is 3.42. The molecule has 2 aromatic rings. The van der Waals surface area contributed by atoms with E-state index >= 15 is 0 Å². The minimum atomic E-state index is -0.175. The first-order valence-electron chi connectivity index (χ1n) is 8.42. The standard InChI is InChI=1S/C18H20ClN3O3/c1-11-17(20-10-25-11)18(23)21-14-6-15-9-24-16(8-22(15)7-14)12-2-4-13(19)5-3-12/h2-5,10,14-16H,6-9H2,1H3,(H,21,23)/t14-,15+,16-/m1/s1. The number of carbonyl (C=O) groups is 1. The van der Waals surface area contributed by atoms with Crippen molar-refractivity contribution in [3.8, 4) is 0 Å². The molecule has 1 N–H and O–H groups in total. The van der Waals surface area contributed by atoms with Gasteiger partial charge in [-0.1, -0.05) is 23.7 Å². The van der Waals surface area contributed by atoms with Crippen LogP contribution in [-0.4, -0.2) is 47.6 Å². The summed E-state index contributed by atoms with van der Waals surface area (Å²) < 4.78 is 11.1. The van der Waals surface area contributed by atoms with Crippen molar-refractivity contribution < 1.29 is 13.9 Å². The normalized spacial score (nSPS) is 26.4. The maximum Gasteiger partial charge on any atom is 0.273 e. The average molecular weight is 362 g/mol. The number of amides is 1.